The van der Waals surface area contributed by atoms with E-state index in [1.54, 1.807) is 0 Å². The van der Waals surface area contributed by atoms with Crippen LogP contribution < -0.4 is 0 Å². The molecule has 0 saturated carbocycles. The van der Waals surface area contributed by atoms with Gasteiger partial charge in [-0.1, -0.05) is 55.0 Å². The number of rotatable bonds is 7. The fourth-order valence-corrected chi connectivity index (χ4v) is 2.25. The third kappa shape index (κ3) is 6.72. The Morgan fingerprint density at radius 2 is 1.80 bits per heavy atom. The average Bonchev–Trinajstić information content (AvgIpc) is 2.39. The van der Waals surface area contributed by atoms with Crippen molar-refractivity contribution >= 4 is 6.08 Å². The largest absolute Gasteiger partial charge is 0.389 e. The van der Waals surface area contributed by atoms with Crippen molar-refractivity contribution in [2.75, 3.05) is 0 Å². The number of hydrogen-bond donors (Lipinski definition) is 1. The van der Waals surface area contributed by atoms with Crippen molar-refractivity contribution in [3.8, 4) is 0 Å². The Kier molecular flexibility index (Phi) is 7.32. The lowest BCUT2D eigenvalue weighted by Crippen LogP contribution is -2.13. The predicted molar refractivity (Wildman–Crippen MR) is 88.5 cm³/mol. The molecule has 1 aromatic rings. The van der Waals surface area contributed by atoms with E-state index in [0.717, 1.165) is 30.4 Å². The smallest absolute Gasteiger partial charge is 0.0753 e. The molecule has 0 aliphatic carbocycles. The number of aliphatic hydroxyl groups excluding tert-OH is 1. The van der Waals surface area contributed by atoms with E-state index in [1.165, 1.54) is 5.57 Å². The molecule has 0 saturated heterocycles. The average molecular weight is 272 g/mol. The molecule has 110 valence electrons. The second-order valence-corrected chi connectivity index (χ2v) is 6.01. The van der Waals surface area contributed by atoms with E-state index >= 15 is 0 Å². The topological polar surface area (TPSA) is 20.2 Å². The summed E-state index contributed by atoms with van der Waals surface area (Å²) in [5.74, 6) is 0.541. The van der Waals surface area contributed by atoms with Crippen LogP contribution in [0.2, 0.25) is 0 Å². The first-order valence-electron chi connectivity index (χ1n) is 7.53. The van der Waals surface area contributed by atoms with Crippen LogP contribution in [0.5, 0.6) is 0 Å². The van der Waals surface area contributed by atoms with Gasteiger partial charge in [0.15, 0.2) is 0 Å². The molecular weight excluding hydrogens is 244 g/mol. The zero-order chi connectivity index (χ0) is 15.0. The number of aliphatic hydroxyl groups is 1. The van der Waals surface area contributed by atoms with Gasteiger partial charge in [-0.25, -0.2) is 0 Å². The van der Waals surface area contributed by atoms with Crippen molar-refractivity contribution in [2.45, 2.75) is 53.1 Å². The minimum absolute atomic E-state index is 0.336. The van der Waals surface area contributed by atoms with Crippen LogP contribution in [-0.4, -0.2) is 11.2 Å². The standard InChI is InChI=1S/C19H28O/c1-15(2)9-8-10-16(3)13-19(20)17(4)14-18-11-6-5-7-12-18/h5-7,9,11-12,14,16,19-20H,8,10,13H2,1-4H3/b17-14+/t16-,19+/m1/s1. The van der Waals surface area contributed by atoms with Crippen molar-refractivity contribution < 1.29 is 5.11 Å². The molecule has 0 aromatic heterocycles. The van der Waals surface area contributed by atoms with Gasteiger partial charge in [0.05, 0.1) is 6.10 Å². The summed E-state index contributed by atoms with van der Waals surface area (Å²) in [6.45, 7) is 8.50. The van der Waals surface area contributed by atoms with E-state index in [4.69, 9.17) is 0 Å². The molecule has 1 heteroatoms. The van der Waals surface area contributed by atoms with Gasteiger partial charge in [-0.05, 0) is 57.1 Å². The summed E-state index contributed by atoms with van der Waals surface area (Å²) in [6.07, 6.45) is 7.10. The number of benzene rings is 1. The first-order valence-corrected chi connectivity index (χ1v) is 7.53. The lowest BCUT2D eigenvalue weighted by molar-refractivity contribution is 0.178. The molecule has 0 radical (unpaired) electrons. The van der Waals surface area contributed by atoms with E-state index in [-0.39, 0.29) is 6.10 Å². The summed E-state index contributed by atoms with van der Waals surface area (Å²) in [6, 6.07) is 10.2. The Labute approximate surface area is 124 Å². The molecule has 1 nitrogen and oxygen atoms in total. The van der Waals surface area contributed by atoms with Gasteiger partial charge in [-0.3, -0.25) is 0 Å². The van der Waals surface area contributed by atoms with Crippen molar-refractivity contribution in [1.29, 1.82) is 0 Å². The molecule has 0 bridgehead atoms. The predicted octanol–water partition coefficient (Wildman–Crippen LogP) is 5.22. The van der Waals surface area contributed by atoms with Crippen molar-refractivity contribution in [2.24, 2.45) is 5.92 Å². The summed E-state index contributed by atoms with van der Waals surface area (Å²) in [5.41, 5.74) is 3.57. The molecule has 1 N–H and O–H groups in total. The van der Waals surface area contributed by atoms with Gasteiger partial charge in [-0.2, -0.15) is 0 Å². The Morgan fingerprint density at radius 3 is 2.40 bits per heavy atom. The fraction of sp³-hybridized carbons (Fsp3) is 0.474. The third-order valence-corrected chi connectivity index (χ3v) is 3.56. The van der Waals surface area contributed by atoms with E-state index in [2.05, 4.69) is 45.1 Å². The Hall–Kier alpha value is -1.34. The molecule has 0 spiro atoms. The molecule has 0 amide bonds. The Bertz CT molecular complexity index is 438. The Morgan fingerprint density at radius 1 is 1.15 bits per heavy atom. The Balaban J connectivity index is 2.47. The van der Waals surface area contributed by atoms with Gasteiger partial charge in [-0.15, -0.1) is 0 Å². The van der Waals surface area contributed by atoms with Crippen LogP contribution in [-0.2, 0) is 0 Å². The molecule has 1 aromatic carbocycles. The van der Waals surface area contributed by atoms with Gasteiger partial charge in [0.25, 0.3) is 0 Å². The summed E-state index contributed by atoms with van der Waals surface area (Å²) in [4.78, 5) is 0. The zero-order valence-electron chi connectivity index (χ0n) is 13.3. The number of hydrogen-bond acceptors (Lipinski definition) is 1. The van der Waals surface area contributed by atoms with Gasteiger partial charge in [0, 0.05) is 0 Å². The normalized spacial score (nSPS) is 14.8. The summed E-state index contributed by atoms with van der Waals surface area (Å²) < 4.78 is 0. The maximum absolute atomic E-state index is 10.3. The van der Waals surface area contributed by atoms with Crippen LogP contribution in [0.4, 0.5) is 0 Å². The highest BCUT2D eigenvalue weighted by molar-refractivity contribution is 5.52. The zero-order valence-corrected chi connectivity index (χ0v) is 13.3. The summed E-state index contributed by atoms with van der Waals surface area (Å²) in [5, 5.41) is 10.3. The number of allylic oxidation sites excluding steroid dienone is 2. The highest BCUT2D eigenvalue weighted by atomic mass is 16.3. The molecule has 0 aliphatic heterocycles. The summed E-state index contributed by atoms with van der Waals surface area (Å²) in [7, 11) is 0. The lowest BCUT2D eigenvalue weighted by Gasteiger charge is -2.16. The van der Waals surface area contributed by atoms with E-state index < -0.39 is 0 Å². The molecule has 0 heterocycles. The first kappa shape index (κ1) is 16.7. The van der Waals surface area contributed by atoms with Crippen LogP contribution >= 0.6 is 0 Å². The second kappa shape index (κ2) is 8.76. The molecule has 0 unspecified atom stereocenters. The molecule has 2 atom stereocenters. The highest BCUT2D eigenvalue weighted by Crippen LogP contribution is 2.19. The van der Waals surface area contributed by atoms with Crippen LogP contribution in [0.15, 0.2) is 47.6 Å². The molecule has 1 rings (SSSR count). The van der Waals surface area contributed by atoms with Gasteiger partial charge < -0.3 is 5.11 Å². The van der Waals surface area contributed by atoms with E-state index in [1.807, 2.05) is 25.1 Å². The molecule has 0 fully saturated rings. The third-order valence-electron chi connectivity index (χ3n) is 3.56. The molecule has 20 heavy (non-hydrogen) atoms. The summed E-state index contributed by atoms with van der Waals surface area (Å²) >= 11 is 0. The van der Waals surface area contributed by atoms with Gasteiger partial charge in [0.2, 0.25) is 0 Å². The van der Waals surface area contributed by atoms with Crippen LogP contribution in [0, 0.1) is 5.92 Å². The fourth-order valence-electron chi connectivity index (χ4n) is 2.25. The van der Waals surface area contributed by atoms with E-state index in [9.17, 15) is 5.11 Å². The lowest BCUT2D eigenvalue weighted by atomic mass is 9.94. The van der Waals surface area contributed by atoms with Crippen molar-refractivity contribution in [3.63, 3.8) is 0 Å². The van der Waals surface area contributed by atoms with Gasteiger partial charge >= 0.3 is 0 Å². The minimum atomic E-state index is -0.336. The molecular formula is C19H28O. The maximum Gasteiger partial charge on any atom is 0.0753 e. The SMILES string of the molecule is CC(C)=CCC[C@@H](C)C[C@H](O)/C(C)=C/c1ccccc1. The monoisotopic (exact) mass is 272 g/mol. The van der Waals surface area contributed by atoms with Crippen LogP contribution in [0.1, 0.15) is 52.5 Å². The first-order chi connectivity index (χ1) is 9.49. The van der Waals surface area contributed by atoms with Crippen molar-refractivity contribution in [3.05, 3.63) is 53.1 Å². The van der Waals surface area contributed by atoms with Gasteiger partial charge in [0.1, 0.15) is 0 Å². The molecule has 0 aliphatic rings. The van der Waals surface area contributed by atoms with E-state index in [0.29, 0.717) is 5.92 Å². The quantitative estimate of drug-likeness (QED) is 0.674. The minimum Gasteiger partial charge on any atom is -0.389 e. The van der Waals surface area contributed by atoms with Crippen molar-refractivity contribution in [1.82, 2.24) is 0 Å². The second-order valence-electron chi connectivity index (χ2n) is 6.01. The van der Waals surface area contributed by atoms with Crippen LogP contribution in [0.25, 0.3) is 6.08 Å². The highest BCUT2D eigenvalue weighted by Gasteiger charge is 2.11. The van der Waals surface area contributed by atoms with Crippen LogP contribution in [0.3, 0.4) is 0 Å². The maximum atomic E-state index is 10.3.